The molecule has 1 aliphatic rings. The summed E-state index contributed by atoms with van der Waals surface area (Å²) in [6.45, 7) is 1.66. The monoisotopic (exact) mass is 430 g/mol. The van der Waals surface area contributed by atoms with Gasteiger partial charge in [0.25, 0.3) is 0 Å². The van der Waals surface area contributed by atoms with Crippen molar-refractivity contribution in [2.24, 2.45) is 4.99 Å². The first-order valence-corrected chi connectivity index (χ1v) is 11.0. The molecule has 166 valence electrons. The number of nitrogens with zero attached hydrogens (tertiary/aromatic N) is 3. The molecular formula is C25H30N6O. The Morgan fingerprint density at radius 3 is 2.62 bits per heavy atom. The highest BCUT2D eigenvalue weighted by atomic mass is 16.2. The Labute approximate surface area is 189 Å². The number of carbonyl (C=O) groups is 1. The van der Waals surface area contributed by atoms with E-state index in [-0.39, 0.29) is 17.9 Å². The maximum absolute atomic E-state index is 12.2. The van der Waals surface area contributed by atoms with Gasteiger partial charge in [-0.2, -0.15) is 5.10 Å². The van der Waals surface area contributed by atoms with Crippen molar-refractivity contribution in [3.63, 3.8) is 0 Å². The Hall–Kier alpha value is -3.61. The van der Waals surface area contributed by atoms with Crippen LogP contribution in [0.15, 0.2) is 78.0 Å². The molecule has 1 saturated carbocycles. The first-order chi connectivity index (χ1) is 15.7. The molecule has 7 nitrogen and oxygen atoms in total. The SMILES string of the molecule is CN=C(NCc1cccc(NC(=O)Cn2cccn2)c1)NCC1(c2ccccc2)CCC1. The smallest absolute Gasteiger partial charge is 0.246 e. The molecule has 7 heteroatoms. The highest BCUT2D eigenvalue weighted by molar-refractivity contribution is 5.90. The van der Waals surface area contributed by atoms with Crippen LogP contribution in [0.1, 0.15) is 30.4 Å². The van der Waals surface area contributed by atoms with Gasteiger partial charge in [-0.3, -0.25) is 14.5 Å². The fourth-order valence-electron chi connectivity index (χ4n) is 4.12. The summed E-state index contributed by atoms with van der Waals surface area (Å²) >= 11 is 0. The van der Waals surface area contributed by atoms with Gasteiger partial charge in [0.2, 0.25) is 5.91 Å². The number of amides is 1. The van der Waals surface area contributed by atoms with E-state index in [4.69, 9.17) is 0 Å². The van der Waals surface area contributed by atoms with Crippen LogP contribution in [0.2, 0.25) is 0 Å². The van der Waals surface area contributed by atoms with Crippen LogP contribution in [0.25, 0.3) is 0 Å². The molecular weight excluding hydrogens is 400 g/mol. The lowest BCUT2D eigenvalue weighted by atomic mass is 9.64. The van der Waals surface area contributed by atoms with Crippen LogP contribution < -0.4 is 16.0 Å². The summed E-state index contributed by atoms with van der Waals surface area (Å²) in [6, 6.07) is 20.4. The Balaban J connectivity index is 1.29. The molecule has 1 heterocycles. The number of aromatic nitrogens is 2. The van der Waals surface area contributed by atoms with Gasteiger partial charge in [-0.25, -0.2) is 0 Å². The normalized spacial score (nSPS) is 15.0. The number of carbonyl (C=O) groups excluding carboxylic acids is 1. The van der Waals surface area contributed by atoms with Crippen LogP contribution >= 0.6 is 0 Å². The summed E-state index contributed by atoms with van der Waals surface area (Å²) in [5, 5.41) is 13.9. The van der Waals surface area contributed by atoms with Crippen LogP contribution in [0.5, 0.6) is 0 Å². The van der Waals surface area contributed by atoms with E-state index in [2.05, 4.69) is 56.4 Å². The minimum atomic E-state index is -0.108. The molecule has 2 aromatic carbocycles. The predicted octanol–water partition coefficient (Wildman–Crippen LogP) is 3.31. The van der Waals surface area contributed by atoms with Crippen molar-refractivity contribution in [1.82, 2.24) is 20.4 Å². The average molecular weight is 431 g/mol. The van der Waals surface area contributed by atoms with E-state index in [0.717, 1.165) is 23.8 Å². The number of rotatable bonds is 8. The van der Waals surface area contributed by atoms with Gasteiger partial charge in [0, 0.05) is 43.6 Å². The molecule has 0 saturated heterocycles. The minimum absolute atomic E-state index is 0.108. The molecule has 1 aliphatic carbocycles. The Morgan fingerprint density at radius 1 is 1.09 bits per heavy atom. The summed E-state index contributed by atoms with van der Waals surface area (Å²) in [7, 11) is 1.79. The number of guanidine groups is 1. The van der Waals surface area contributed by atoms with Crippen molar-refractivity contribution in [2.75, 3.05) is 18.9 Å². The zero-order valence-corrected chi connectivity index (χ0v) is 18.4. The van der Waals surface area contributed by atoms with Gasteiger partial charge >= 0.3 is 0 Å². The van der Waals surface area contributed by atoms with Gasteiger partial charge in [-0.05, 0) is 42.2 Å². The number of benzene rings is 2. The van der Waals surface area contributed by atoms with E-state index in [1.54, 1.807) is 30.2 Å². The van der Waals surface area contributed by atoms with Crippen molar-refractivity contribution in [2.45, 2.75) is 37.8 Å². The third kappa shape index (κ3) is 5.35. The maximum atomic E-state index is 12.2. The van der Waals surface area contributed by atoms with Crippen molar-refractivity contribution in [3.05, 3.63) is 84.2 Å². The third-order valence-corrected chi connectivity index (χ3v) is 6.05. The molecule has 0 radical (unpaired) electrons. The molecule has 1 aromatic heterocycles. The molecule has 0 bridgehead atoms. The minimum Gasteiger partial charge on any atom is -0.356 e. The molecule has 3 N–H and O–H groups in total. The lowest BCUT2D eigenvalue weighted by Gasteiger charge is -2.43. The van der Waals surface area contributed by atoms with Crippen molar-refractivity contribution >= 4 is 17.6 Å². The van der Waals surface area contributed by atoms with Crippen molar-refractivity contribution < 1.29 is 4.79 Å². The number of aliphatic imine (C=N–C) groups is 1. The van der Waals surface area contributed by atoms with Gasteiger partial charge in [-0.15, -0.1) is 0 Å². The van der Waals surface area contributed by atoms with Gasteiger partial charge in [0.05, 0.1) is 0 Å². The second kappa shape index (κ2) is 10.1. The van der Waals surface area contributed by atoms with Crippen molar-refractivity contribution in [1.29, 1.82) is 0 Å². The van der Waals surface area contributed by atoms with Crippen LogP contribution in [-0.2, 0) is 23.3 Å². The first kappa shape index (κ1) is 21.6. The Kier molecular flexibility index (Phi) is 6.84. The highest BCUT2D eigenvalue weighted by Crippen LogP contribution is 2.43. The molecule has 1 amide bonds. The molecule has 32 heavy (non-hydrogen) atoms. The first-order valence-electron chi connectivity index (χ1n) is 11.0. The van der Waals surface area contributed by atoms with Crippen molar-refractivity contribution in [3.8, 4) is 0 Å². The van der Waals surface area contributed by atoms with Gasteiger partial charge in [0.1, 0.15) is 6.54 Å². The summed E-state index contributed by atoms with van der Waals surface area (Å²) in [4.78, 5) is 16.6. The molecule has 0 atom stereocenters. The van der Waals surface area contributed by atoms with E-state index in [1.165, 1.54) is 24.8 Å². The van der Waals surface area contributed by atoms with Crippen LogP contribution in [-0.4, -0.2) is 35.2 Å². The van der Waals surface area contributed by atoms with Gasteiger partial charge < -0.3 is 16.0 Å². The van der Waals surface area contributed by atoms with Gasteiger partial charge in [-0.1, -0.05) is 48.9 Å². The summed E-state index contributed by atoms with van der Waals surface area (Å²) < 4.78 is 1.60. The standard InChI is InChI=1S/C25H30N6O/c1-26-24(28-19-25(12-6-13-25)21-9-3-2-4-10-21)27-17-20-8-5-11-22(16-20)30-23(32)18-31-15-7-14-29-31/h2-5,7-11,14-16H,6,12-13,17-19H2,1H3,(H,30,32)(H2,26,27,28). The Bertz CT molecular complexity index is 1040. The lowest BCUT2D eigenvalue weighted by molar-refractivity contribution is -0.116. The van der Waals surface area contributed by atoms with E-state index in [1.807, 2.05) is 24.3 Å². The largest absolute Gasteiger partial charge is 0.356 e. The summed E-state index contributed by atoms with van der Waals surface area (Å²) in [5.74, 6) is 0.670. The highest BCUT2D eigenvalue weighted by Gasteiger charge is 2.38. The maximum Gasteiger partial charge on any atom is 0.246 e. The molecule has 0 unspecified atom stereocenters. The zero-order valence-electron chi connectivity index (χ0n) is 18.4. The molecule has 0 aliphatic heterocycles. The fraction of sp³-hybridized carbons (Fsp3) is 0.320. The van der Waals surface area contributed by atoms with Crippen LogP contribution in [0.3, 0.4) is 0 Å². The third-order valence-electron chi connectivity index (χ3n) is 6.05. The quantitative estimate of drug-likeness (QED) is 0.378. The summed E-state index contributed by atoms with van der Waals surface area (Å²) in [6.07, 6.45) is 7.08. The molecule has 3 aromatic rings. The second-order valence-electron chi connectivity index (χ2n) is 8.23. The fourth-order valence-corrected chi connectivity index (χ4v) is 4.12. The second-order valence-corrected chi connectivity index (χ2v) is 8.23. The number of hydrogen-bond donors (Lipinski definition) is 3. The zero-order chi connectivity index (χ0) is 22.2. The molecule has 1 fully saturated rings. The van der Waals surface area contributed by atoms with Crippen LogP contribution in [0, 0.1) is 0 Å². The van der Waals surface area contributed by atoms with E-state index in [9.17, 15) is 4.79 Å². The number of hydrogen-bond acceptors (Lipinski definition) is 3. The Morgan fingerprint density at radius 2 is 1.94 bits per heavy atom. The predicted molar refractivity (Wildman–Crippen MR) is 127 cm³/mol. The topological polar surface area (TPSA) is 83.3 Å². The van der Waals surface area contributed by atoms with E-state index < -0.39 is 0 Å². The number of nitrogens with one attached hydrogen (secondary N) is 3. The van der Waals surface area contributed by atoms with Crippen LogP contribution in [0.4, 0.5) is 5.69 Å². The molecule has 4 rings (SSSR count). The number of anilines is 1. The van der Waals surface area contributed by atoms with Gasteiger partial charge in [0.15, 0.2) is 5.96 Å². The summed E-state index contributed by atoms with van der Waals surface area (Å²) in [5.41, 5.74) is 3.42. The lowest BCUT2D eigenvalue weighted by Crippen LogP contribution is -2.48. The molecule has 0 spiro atoms. The van der Waals surface area contributed by atoms with E-state index >= 15 is 0 Å². The average Bonchev–Trinajstić information content (AvgIpc) is 3.29. The van der Waals surface area contributed by atoms with E-state index in [0.29, 0.717) is 6.54 Å².